The van der Waals surface area contributed by atoms with E-state index in [2.05, 4.69) is 15.0 Å². The maximum Gasteiger partial charge on any atom is 0.165 e. The molecule has 0 saturated heterocycles. The summed E-state index contributed by atoms with van der Waals surface area (Å²) in [5.41, 5.74) is 6.69. The van der Waals surface area contributed by atoms with Gasteiger partial charge in [-0.2, -0.15) is 0 Å². The predicted octanol–water partition coefficient (Wildman–Crippen LogP) is -0.0715. The number of rotatable bonds is 1. The number of hydrogen-bond donors (Lipinski definition) is 3. The Morgan fingerprint density at radius 1 is 1.37 bits per heavy atom. The van der Waals surface area contributed by atoms with Crippen molar-refractivity contribution in [2.24, 2.45) is 0 Å². The van der Waals surface area contributed by atoms with Crippen molar-refractivity contribution in [2.75, 3.05) is 5.73 Å². The maximum atomic E-state index is 12.6. The van der Waals surface area contributed by atoms with Crippen LogP contribution < -0.4 is 5.73 Å². The van der Waals surface area contributed by atoms with Crippen molar-refractivity contribution in [3.63, 3.8) is 0 Å². The van der Waals surface area contributed by atoms with Gasteiger partial charge in [-0.05, 0) is 12.0 Å². The van der Waals surface area contributed by atoms with E-state index in [-0.39, 0.29) is 17.8 Å². The van der Waals surface area contributed by atoms with Gasteiger partial charge in [-0.25, -0.2) is 19.3 Å². The molecule has 0 bridgehead atoms. The van der Waals surface area contributed by atoms with Gasteiger partial charge in [0, 0.05) is 0 Å². The van der Waals surface area contributed by atoms with Crippen molar-refractivity contribution in [3.05, 3.63) is 24.6 Å². The predicted molar refractivity (Wildman–Crippen MR) is 64.6 cm³/mol. The smallest absolute Gasteiger partial charge is 0.165 e. The molecule has 1 fully saturated rings. The van der Waals surface area contributed by atoms with Gasteiger partial charge in [-0.15, -0.1) is 0 Å². The Kier molecular flexibility index (Phi) is 2.68. The van der Waals surface area contributed by atoms with Crippen LogP contribution in [0.5, 0.6) is 0 Å². The minimum absolute atomic E-state index is 0.154. The fourth-order valence-corrected chi connectivity index (χ4v) is 2.40. The molecule has 4 N–H and O–H groups in total. The summed E-state index contributed by atoms with van der Waals surface area (Å²) in [6, 6.07) is -0.531. The fourth-order valence-electron chi connectivity index (χ4n) is 2.40. The number of aliphatic hydroxyl groups is 2. The molecule has 2 aromatic rings. The van der Waals surface area contributed by atoms with Crippen LogP contribution in [0.3, 0.4) is 0 Å². The molecule has 0 radical (unpaired) electrons. The molecule has 7 nitrogen and oxygen atoms in total. The lowest BCUT2D eigenvalue weighted by Crippen LogP contribution is -2.27. The number of nitrogens with zero attached hydrogens (tertiary/aromatic N) is 4. The molecule has 0 spiro atoms. The summed E-state index contributed by atoms with van der Waals surface area (Å²) in [7, 11) is 0. The quantitative estimate of drug-likeness (QED) is 0.665. The molecule has 19 heavy (non-hydrogen) atoms. The van der Waals surface area contributed by atoms with E-state index in [0.29, 0.717) is 17.5 Å². The lowest BCUT2D eigenvalue weighted by molar-refractivity contribution is 0.0356. The molecule has 8 heteroatoms. The molecule has 1 aliphatic carbocycles. The second kappa shape index (κ2) is 4.25. The second-order valence-electron chi connectivity index (χ2n) is 4.47. The molecule has 2 heterocycles. The van der Waals surface area contributed by atoms with Crippen molar-refractivity contribution in [1.82, 2.24) is 19.5 Å². The molecule has 0 amide bonds. The second-order valence-corrected chi connectivity index (χ2v) is 4.47. The number of hydrogen-bond acceptors (Lipinski definition) is 6. The molecule has 2 aromatic heterocycles. The minimum Gasteiger partial charge on any atom is -0.388 e. The van der Waals surface area contributed by atoms with Crippen LogP contribution >= 0.6 is 0 Å². The Balaban J connectivity index is 2.09. The van der Waals surface area contributed by atoms with Crippen LogP contribution in [0.4, 0.5) is 10.2 Å². The first-order valence-corrected chi connectivity index (χ1v) is 5.71. The molecular formula is C11H12FN5O2. The zero-order valence-electron chi connectivity index (χ0n) is 9.81. The van der Waals surface area contributed by atoms with E-state index in [1.54, 1.807) is 4.57 Å². The van der Waals surface area contributed by atoms with E-state index >= 15 is 0 Å². The average molecular weight is 265 g/mol. The van der Waals surface area contributed by atoms with Crippen molar-refractivity contribution in [1.29, 1.82) is 0 Å². The molecule has 3 rings (SSSR count). The number of imidazole rings is 1. The Labute approximate surface area is 107 Å². The highest BCUT2D eigenvalue weighted by Gasteiger charge is 2.39. The summed E-state index contributed by atoms with van der Waals surface area (Å²) >= 11 is 0. The van der Waals surface area contributed by atoms with Gasteiger partial charge in [0.15, 0.2) is 11.5 Å². The SMILES string of the molecule is Nc1ncnc2c1ncn2C1C/C(=C\F)C(O)C1O. The third-order valence-electron chi connectivity index (χ3n) is 3.43. The Bertz CT molecular complexity index is 656. The first-order chi connectivity index (χ1) is 9.13. The van der Waals surface area contributed by atoms with Gasteiger partial charge in [0.25, 0.3) is 0 Å². The molecular weight excluding hydrogens is 253 g/mol. The van der Waals surface area contributed by atoms with Gasteiger partial charge in [-0.1, -0.05) is 0 Å². The fraction of sp³-hybridized carbons (Fsp3) is 0.364. The van der Waals surface area contributed by atoms with Crippen LogP contribution in [0.1, 0.15) is 12.5 Å². The zero-order valence-corrected chi connectivity index (χ0v) is 9.81. The Hall–Kier alpha value is -2.06. The van der Waals surface area contributed by atoms with Gasteiger partial charge in [0.2, 0.25) is 0 Å². The molecule has 0 aromatic carbocycles. The largest absolute Gasteiger partial charge is 0.388 e. The van der Waals surface area contributed by atoms with Crippen LogP contribution in [0.25, 0.3) is 11.2 Å². The van der Waals surface area contributed by atoms with E-state index in [4.69, 9.17) is 5.73 Å². The van der Waals surface area contributed by atoms with Crippen molar-refractivity contribution < 1.29 is 14.6 Å². The van der Waals surface area contributed by atoms with E-state index in [1.165, 1.54) is 12.7 Å². The van der Waals surface area contributed by atoms with Gasteiger partial charge >= 0.3 is 0 Å². The highest BCUT2D eigenvalue weighted by molar-refractivity contribution is 5.81. The van der Waals surface area contributed by atoms with E-state index in [1.807, 2.05) is 0 Å². The first kappa shape index (κ1) is 12.0. The molecule has 1 saturated carbocycles. The van der Waals surface area contributed by atoms with Crippen LogP contribution in [0, 0.1) is 0 Å². The number of aromatic nitrogens is 4. The van der Waals surface area contributed by atoms with Gasteiger partial charge in [0.05, 0.1) is 18.7 Å². The third-order valence-corrected chi connectivity index (χ3v) is 3.43. The first-order valence-electron chi connectivity index (χ1n) is 5.71. The lowest BCUT2D eigenvalue weighted by Gasteiger charge is -2.17. The summed E-state index contributed by atoms with van der Waals surface area (Å²) in [4.78, 5) is 12.0. The molecule has 1 aliphatic rings. The van der Waals surface area contributed by atoms with Gasteiger partial charge in [0.1, 0.15) is 24.1 Å². The summed E-state index contributed by atoms with van der Waals surface area (Å²) in [5, 5.41) is 19.7. The standard InChI is InChI=1S/C11H12FN5O2/c12-2-5-1-6(9(19)8(5)18)17-4-16-7-10(13)14-3-15-11(7)17/h2-4,6,8-9,18-19H,1H2,(H2,13,14,15)/b5-2+. The summed E-state index contributed by atoms with van der Waals surface area (Å²) in [6.07, 6.45) is 0.934. The normalized spacial score (nSPS) is 29.4. The lowest BCUT2D eigenvalue weighted by atomic mass is 10.2. The molecule has 3 unspecified atom stereocenters. The monoisotopic (exact) mass is 265 g/mol. The minimum atomic E-state index is -1.22. The summed E-state index contributed by atoms with van der Waals surface area (Å²) in [6.45, 7) is 0. The van der Waals surface area contributed by atoms with Crippen LogP contribution in [0.2, 0.25) is 0 Å². The number of nitrogen functional groups attached to an aromatic ring is 1. The van der Waals surface area contributed by atoms with Gasteiger partial charge in [-0.3, -0.25) is 0 Å². The van der Waals surface area contributed by atoms with Crippen molar-refractivity contribution in [3.8, 4) is 0 Å². The van der Waals surface area contributed by atoms with Crippen molar-refractivity contribution >= 4 is 17.0 Å². The van der Waals surface area contributed by atoms with Crippen LogP contribution in [-0.4, -0.2) is 41.9 Å². The van der Waals surface area contributed by atoms with Crippen LogP contribution in [0.15, 0.2) is 24.6 Å². The van der Waals surface area contributed by atoms with Crippen molar-refractivity contribution in [2.45, 2.75) is 24.7 Å². The van der Waals surface area contributed by atoms with E-state index < -0.39 is 18.2 Å². The Morgan fingerprint density at radius 3 is 2.84 bits per heavy atom. The number of aliphatic hydroxyl groups excluding tert-OH is 2. The highest BCUT2D eigenvalue weighted by atomic mass is 19.1. The molecule has 3 atom stereocenters. The number of fused-ring (bicyclic) bond motifs is 1. The number of nitrogens with two attached hydrogens (primary N) is 1. The maximum absolute atomic E-state index is 12.6. The Morgan fingerprint density at radius 2 is 2.16 bits per heavy atom. The van der Waals surface area contributed by atoms with Gasteiger partial charge < -0.3 is 20.5 Å². The average Bonchev–Trinajstić information content (AvgIpc) is 2.94. The third kappa shape index (κ3) is 1.68. The van der Waals surface area contributed by atoms with E-state index in [0.717, 1.165) is 0 Å². The number of anilines is 1. The zero-order chi connectivity index (χ0) is 13.6. The molecule has 100 valence electrons. The number of halogens is 1. The van der Waals surface area contributed by atoms with E-state index in [9.17, 15) is 14.6 Å². The summed E-state index contributed by atoms with van der Waals surface area (Å²) in [5.74, 6) is 0.234. The molecule has 0 aliphatic heterocycles. The highest BCUT2D eigenvalue weighted by Crippen LogP contribution is 2.36. The van der Waals surface area contributed by atoms with Crippen LogP contribution in [-0.2, 0) is 0 Å². The topological polar surface area (TPSA) is 110 Å². The summed E-state index contributed by atoms with van der Waals surface area (Å²) < 4.78 is 14.2.